The van der Waals surface area contributed by atoms with E-state index in [0.29, 0.717) is 21.5 Å². The summed E-state index contributed by atoms with van der Waals surface area (Å²) in [7, 11) is 1.29. The van der Waals surface area contributed by atoms with E-state index in [-0.39, 0.29) is 29.4 Å². The topological polar surface area (TPSA) is 152 Å². The number of nitrogens with one attached hydrogen (secondary N) is 2. The Morgan fingerprint density at radius 3 is 2.59 bits per heavy atom. The molecule has 0 aliphatic carbocycles. The number of ether oxygens (including phenoxy) is 2. The van der Waals surface area contributed by atoms with Crippen LogP contribution in [0.25, 0.3) is 10.9 Å². The first-order chi connectivity index (χ1) is 15.3. The molecule has 0 bridgehead atoms. The van der Waals surface area contributed by atoms with Crippen LogP contribution in [0.5, 0.6) is 5.75 Å². The molecule has 0 fully saturated rings. The van der Waals surface area contributed by atoms with E-state index >= 15 is 0 Å². The van der Waals surface area contributed by atoms with Crippen LogP contribution in [0.15, 0.2) is 40.6 Å². The normalized spacial score (nSPS) is 10.8. The third kappa shape index (κ3) is 5.16. The number of phenols is 1. The van der Waals surface area contributed by atoms with Gasteiger partial charge in [-0.1, -0.05) is 0 Å². The number of hydrogen-bond acceptors (Lipinski definition) is 10. The lowest BCUT2D eigenvalue weighted by Crippen LogP contribution is -2.13. The number of carbonyl (C=O) groups excluding carboxylic acids is 3. The molecule has 3 aromatic rings. The van der Waals surface area contributed by atoms with Crippen molar-refractivity contribution in [3.05, 3.63) is 35.9 Å². The fourth-order valence-corrected chi connectivity index (χ4v) is 3.35. The summed E-state index contributed by atoms with van der Waals surface area (Å²) < 4.78 is 13.9. The van der Waals surface area contributed by atoms with E-state index in [4.69, 9.17) is 9.47 Å². The van der Waals surface area contributed by atoms with Crippen LogP contribution in [0.4, 0.5) is 26.9 Å². The van der Waals surface area contributed by atoms with Crippen LogP contribution in [0.2, 0.25) is 0 Å². The Balaban J connectivity index is 2.02. The first-order valence-corrected chi connectivity index (χ1v) is 10.1. The van der Waals surface area contributed by atoms with E-state index in [1.165, 1.54) is 26.2 Å². The maximum absolute atomic E-state index is 11.9. The van der Waals surface area contributed by atoms with E-state index < -0.39 is 18.0 Å². The van der Waals surface area contributed by atoms with Crippen LogP contribution in [-0.4, -0.2) is 41.2 Å². The summed E-state index contributed by atoms with van der Waals surface area (Å²) in [5.41, 5.74) is 1.29. The number of rotatable bonds is 6. The van der Waals surface area contributed by atoms with E-state index in [2.05, 4.69) is 25.2 Å². The van der Waals surface area contributed by atoms with Crippen LogP contribution in [-0.2, 0) is 14.3 Å². The first kappa shape index (κ1) is 22.6. The first-order valence-electron chi connectivity index (χ1n) is 9.30. The number of benzene rings is 2. The Hall–Kier alpha value is -4.06. The summed E-state index contributed by atoms with van der Waals surface area (Å²) >= 11 is 1.06. The lowest BCUT2D eigenvalue weighted by Gasteiger charge is -2.11. The van der Waals surface area contributed by atoms with E-state index in [0.717, 1.165) is 11.5 Å². The third-order valence-corrected chi connectivity index (χ3v) is 4.83. The lowest BCUT2D eigenvalue weighted by atomic mass is 10.1. The summed E-state index contributed by atoms with van der Waals surface area (Å²) in [6.45, 7) is 3.08. The number of hydrogen-bond donors (Lipinski definition) is 3. The number of anilines is 2. The molecule has 0 spiro atoms. The molecule has 0 saturated carbocycles. The van der Waals surface area contributed by atoms with Gasteiger partial charge in [-0.15, -0.1) is 10.2 Å². The van der Waals surface area contributed by atoms with Gasteiger partial charge in [-0.25, -0.2) is 9.59 Å². The van der Waals surface area contributed by atoms with Crippen molar-refractivity contribution in [1.82, 2.24) is 4.37 Å². The van der Waals surface area contributed by atoms with Gasteiger partial charge in [0.05, 0.1) is 36.2 Å². The molecule has 1 aromatic heterocycles. The number of aromatic nitrogens is 1. The van der Waals surface area contributed by atoms with E-state index in [1.54, 1.807) is 25.1 Å². The highest BCUT2D eigenvalue weighted by molar-refractivity contribution is 7.11. The molecule has 0 radical (unpaired) electrons. The van der Waals surface area contributed by atoms with Gasteiger partial charge >= 0.3 is 12.1 Å². The predicted molar refractivity (Wildman–Crippen MR) is 118 cm³/mol. The maximum atomic E-state index is 11.9. The quantitative estimate of drug-likeness (QED) is 0.275. The maximum Gasteiger partial charge on any atom is 0.411 e. The Kier molecular flexibility index (Phi) is 6.95. The monoisotopic (exact) mass is 457 g/mol. The van der Waals surface area contributed by atoms with Crippen molar-refractivity contribution in [3.8, 4) is 5.75 Å². The highest BCUT2D eigenvalue weighted by atomic mass is 32.1. The number of methoxy groups -OCH3 is 1. The molecule has 1 heterocycles. The molecule has 32 heavy (non-hydrogen) atoms. The van der Waals surface area contributed by atoms with Gasteiger partial charge in [0, 0.05) is 18.4 Å². The molecular formula is C20H19N5O6S. The molecule has 0 aliphatic rings. The number of azo groups is 1. The molecule has 0 aliphatic heterocycles. The molecule has 11 nitrogen and oxygen atoms in total. The number of carbonyl (C=O) groups is 3. The second kappa shape index (κ2) is 9.83. The summed E-state index contributed by atoms with van der Waals surface area (Å²) in [6.07, 6.45) is -0.749. The average molecular weight is 457 g/mol. The van der Waals surface area contributed by atoms with Crippen LogP contribution >= 0.6 is 11.5 Å². The van der Waals surface area contributed by atoms with E-state index in [9.17, 15) is 19.5 Å². The third-order valence-electron chi connectivity index (χ3n) is 4.06. The number of nitrogens with zero attached hydrogens (tertiary/aromatic N) is 3. The van der Waals surface area contributed by atoms with Gasteiger partial charge in [-0.05, 0) is 42.7 Å². The van der Waals surface area contributed by atoms with E-state index in [1.807, 2.05) is 0 Å². The molecule has 3 rings (SSSR count). The fourth-order valence-electron chi connectivity index (χ4n) is 2.67. The number of amides is 2. The summed E-state index contributed by atoms with van der Waals surface area (Å²) in [5, 5.41) is 24.5. The Morgan fingerprint density at radius 1 is 1.12 bits per heavy atom. The molecule has 0 unspecified atom stereocenters. The second-order valence-electron chi connectivity index (χ2n) is 6.32. The van der Waals surface area contributed by atoms with Crippen molar-refractivity contribution >= 4 is 62.5 Å². The van der Waals surface area contributed by atoms with Crippen LogP contribution in [0, 0.1) is 0 Å². The van der Waals surface area contributed by atoms with Gasteiger partial charge in [0.1, 0.15) is 11.4 Å². The molecule has 166 valence electrons. The Morgan fingerprint density at radius 2 is 1.91 bits per heavy atom. The fraction of sp³-hybridized carbons (Fsp3) is 0.200. The highest BCUT2D eigenvalue weighted by Crippen LogP contribution is 2.38. The van der Waals surface area contributed by atoms with Gasteiger partial charge in [0.2, 0.25) is 5.91 Å². The number of phenolic OH excluding ortho intramolecular Hbond substituents is 1. The zero-order valence-corrected chi connectivity index (χ0v) is 18.1. The molecule has 2 amide bonds. The Labute approximate surface area is 186 Å². The van der Waals surface area contributed by atoms with Crippen molar-refractivity contribution in [1.29, 1.82) is 0 Å². The highest BCUT2D eigenvalue weighted by Gasteiger charge is 2.15. The number of esters is 1. The molecule has 12 heteroatoms. The predicted octanol–water partition coefficient (Wildman–Crippen LogP) is 4.73. The minimum Gasteiger partial charge on any atom is -0.506 e. The van der Waals surface area contributed by atoms with Gasteiger partial charge in [0.25, 0.3) is 0 Å². The minimum atomic E-state index is -0.749. The molecule has 0 saturated heterocycles. The average Bonchev–Trinajstić information content (AvgIpc) is 3.16. The standard InChI is InChI=1S/C20H19N5O6S/c1-4-31-20(29)22-14-9-17(27)16(21-10(2)26)8-15(14)23-24-18-12-7-11(19(28)30-3)5-6-13(12)25-32-18/h5-9,27H,4H2,1-3H3,(H,21,26)(H,22,29)/b24-23+. The minimum absolute atomic E-state index is 0.0861. The SMILES string of the molecule is CCOC(=O)Nc1cc(O)c(NC(C)=O)cc1/N=N/c1snc2ccc(C(=O)OC)cc12. The van der Waals surface area contributed by atoms with Crippen LogP contribution < -0.4 is 10.6 Å². The summed E-state index contributed by atoms with van der Waals surface area (Å²) in [5.74, 6) is -1.18. The largest absolute Gasteiger partial charge is 0.506 e. The zero-order valence-electron chi connectivity index (χ0n) is 17.3. The molecule has 0 atom stereocenters. The van der Waals surface area contributed by atoms with Crippen molar-refractivity contribution in [2.24, 2.45) is 10.2 Å². The van der Waals surface area contributed by atoms with Gasteiger partial charge < -0.3 is 19.9 Å². The second-order valence-corrected chi connectivity index (χ2v) is 7.08. The lowest BCUT2D eigenvalue weighted by molar-refractivity contribution is -0.114. The van der Waals surface area contributed by atoms with Gasteiger partial charge in [-0.3, -0.25) is 10.1 Å². The van der Waals surface area contributed by atoms with Crippen molar-refractivity contribution < 1.29 is 29.0 Å². The van der Waals surface area contributed by atoms with Crippen molar-refractivity contribution in [2.75, 3.05) is 24.4 Å². The van der Waals surface area contributed by atoms with Crippen molar-refractivity contribution in [2.45, 2.75) is 13.8 Å². The van der Waals surface area contributed by atoms with Crippen LogP contribution in [0.1, 0.15) is 24.2 Å². The van der Waals surface area contributed by atoms with Gasteiger partial charge in [-0.2, -0.15) is 4.37 Å². The number of fused-ring (bicyclic) bond motifs is 1. The number of aromatic hydroxyl groups is 1. The van der Waals surface area contributed by atoms with Crippen LogP contribution in [0.3, 0.4) is 0 Å². The summed E-state index contributed by atoms with van der Waals surface area (Å²) in [6, 6.07) is 7.42. The summed E-state index contributed by atoms with van der Waals surface area (Å²) in [4.78, 5) is 35.1. The Bertz CT molecular complexity index is 1220. The molecular weight excluding hydrogens is 438 g/mol. The molecule has 3 N–H and O–H groups in total. The van der Waals surface area contributed by atoms with Gasteiger partial charge in [0.15, 0.2) is 5.00 Å². The smallest absolute Gasteiger partial charge is 0.411 e. The van der Waals surface area contributed by atoms with Crippen molar-refractivity contribution in [3.63, 3.8) is 0 Å². The molecule has 2 aromatic carbocycles. The zero-order chi connectivity index (χ0) is 23.3.